The molecule has 1 unspecified atom stereocenters. The topological polar surface area (TPSA) is 29.5 Å². The number of hydrogen-bond donors (Lipinski definition) is 1. The van der Waals surface area contributed by atoms with Gasteiger partial charge < -0.3 is 9.84 Å². The fourth-order valence-corrected chi connectivity index (χ4v) is 3.63. The van der Waals surface area contributed by atoms with E-state index >= 15 is 0 Å². The van der Waals surface area contributed by atoms with E-state index < -0.39 is 6.10 Å². The molecule has 0 spiro atoms. The quantitative estimate of drug-likeness (QED) is 0.760. The number of methoxy groups -OCH3 is 1. The van der Waals surface area contributed by atoms with Gasteiger partial charge in [0.05, 0.1) is 12.7 Å². The van der Waals surface area contributed by atoms with E-state index in [9.17, 15) is 5.11 Å². The third kappa shape index (κ3) is 3.00. The number of aliphatic hydroxyl groups is 1. The van der Waals surface area contributed by atoms with Gasteiger partial charge in [0, 0.05) is 18.2 Å². The van der Waals surface area contributed by atoms with Crippen molar-refractivity contribution in [2.24, 2.45) is 0 Å². The largest absolute Gasteiger partial charge is 0.388 e. The second-order valence-electron chi connectivity index (χ2n) is 5.11. The number of aliphatic hydroxyl groups excluding tert-OH is 1. The molecule has 1 atom stereocenters. The molecule has 3 rings (SSSR count). The van der Waals surface area contributed by atoms with Gasteiger partial charge in [-0.05, 0) is 33.5 Å². The van der Waals surface area contributed by atoms with Gasteiger partial charge in [-0.1, -0.05) is 42.5 Å². The average Bonchev–Trinajstić information content (AvgIpc) is 2.91. The summed E-state index contributed by atoms with van der Waals surface area (Å²) in [6.07, 6.45) is 0.124. The smallest absolute Gasteiger partial charge is 0.0834 e. The summed E-state index contributed by atoms with van der Waals surface area (Å²) in [6.45, 7) is 0.525. The first kappa shape index (κ1) is 14.3. The molecule has 0 aliphatic heterocycles. The van der Waals surface area contributed by atoms with E-state index in [0.717, 1.165) is 11.1 Å². The Morgan fingerprint density at radius 1 is 1.05 bits per heavy atom. The van der Waals surface area contributed by atoms with Crippen molar-refractivity contribution in [3.63, 3.8) is 0 Å². The molecule has 21 heavy (non-hydrogen) atoms. The van der Waals surface area contributed by atoms with Crippen molar-refractivity contribution in [3.05, 3.63) is 70.6 Å². The zero-order valence-corrected chi connectivity index (χ0v) is 12.8. The number of ether oxygens (including phenoxy) is 1. The summed E-state index contributed by atoms with van der Waals surface area (Å²) in [5, 5.41) is 14.0. The lowest BCUT2D eigenvalue weighted by atomic mass is 9.97. The molecule has 0 aliphatic carbocycles. The van der Waals surface area contributed by atoms with Gasteiger partial charge >= 0.3 is 0 Å². The first-order valence-electron chi connectivity index (χ1n) is 6.99. The Morgan fingerprint density at radius 2 is 1.81 bits per heavy atom. The van der Waals surface area contributed by atoms with Crippen molar-refractivity contribution in [2.75, 3.05) is 7.11 Å². The van der Waals surface area contributed by atoms with Crippen molar-refractivity contribution in [1.29, 1.82) is 0 Å². The minimum Gasteiger partial charge on any atom is -0.388 e. The molecule has 1 N–H and O–H groups in total. The van der Waals surface area contributed by atoms with Crippen molar-refractivity contribution in [1.82, 2.24) is 0 Å². The zero-order valence-electron chi connectivity index (χ0n) is 12.0. The Morgan fingerprint density at radius 3 is 2.67 bits per heavy atom. The summed E-state index contributed by atoms with van der Waals surface area (Å²) in [7, 11) is 1.68. The summed E-state index contributed by atoms with van der Waals surface area (Å²) in [6, 6.07) is 16.3. The highest BCUT2D eigenvalue weighted by atomic mass is 32.1. The molecule has 1 heterocycles. The minimum atomic E-state index is -0.505. The van der Waals surface area contributed by atoms with Crippen LogP contribution in [0.1, 0.15) is 22.8 Å². The summed E-state index contributed by atoms with van der Waals surface area (Å²) in [5.74, 6) is 0. The Bertz CT molecular complexity index is 733. The SMILES string of the molecule is COCc1ccccc1C(O)Cc1csc2ccccc12. The molecule has 0 amide bonds. The predicted octanol–water partition coefficient (Wildman–Crippen LogP) is 4.32. The summed E-state index contributed by atoms with van der Waals surface area (Å²) < 4.78 is 6.48. The maximum absolute atomic E-state index is 10.6. The van der Waals surface area contributed by atoms with E-state index in [1.165, 1.54) is 15.6 Å². The van der Waals surface area contributed by atoms with Crippen LogP contribution in [0.15, 0.2) is 53.9 Å². The molecule has 0 bridgehead atoms. The Kier molecular flexibility index (Phi) is 4.34. The van der Waals surface area contributed by atoms with E-state index in [2.05, 4.69) is 17.5 Å². The third-order valence-corrected chi connectivity index (χ3v) is 4.70. The second-order valence-corrected chi connectivity index (χ2v) is 6.02. The molecular formula is C18H18O2S. The maximum atomic E-state index is 10.6. The zero-order chi connectivity index (χ0) is 14.7. The van der Waals surface area contributed by atoms with Gasteiger partial charge in [-0.25, -0.2) is 0 Å². The van der Waals surface area contributed by atoms with Crippen LogP contribution in [0.3, 0.4) is 0 Å². The maximum Gasteiger partial charge on any atom is 0.0834 e. The van der Waals surface area contributed by atoms with Gasteiger partial charge in [-0.15, -0.1) is 11.3 Å². The standard InChI is InChI=1S/C18H18O2S/c1-20-11-13-6-2-3-7-15(13)17(19)10-14-12-21-18-9-5-4-8-16(14)18/h2-9,12,17,19H,10-11H2,1H3. The average molecular weight is 298 g/mol. The number of hydrogen-bond acceptors (Lipinski definition) is 3. The van der Waals surface area contributed by atoms with Gasteiger partial charge in [0.1, 0.15) is 0 Å². The van der Waals surface area contributed by atoms with Crippen LogP contribution in [0.25, 0.3) is 10.1 Å². The number of benzene rings is 2. The van der Waals surface area contributed by atoms with Gasteiger partial charge in [0.2, 0.25) is 0 Å². The van der Waals surface area contributed by atoms with E-state index in [4.69, 9.17) is 4.74 Å². The summed E-state index contributed by atoms with van der Waals surface area (Å²) in [4.78, 5) is 0. The predicted molar refractivity (Wildman–Crippen MR) is 87.6 cm³/mol. The minimum absolute atomic E-state index is 0.505. The lowest BCUT2D eigenvalue weighted by Crippen LogP contribution is -2.05. The van der Waals surface area contributed by atoms with Crippen LogP contribution in [0.4, 0.5) is 0 Å². The Hall–Kier alpha value is -1.68. The van der Waals surface area contributed by atoms with Crippen LogP contribution in [0.2, 0.25) is 0 Å². The molecule has 0 radical (unpaired) electrons. The third-order valence-electron chi connectivity index (χ3n) is 3.69. The fourth-order valence-electron chi connectivity index (χ4n) is 2.66. The number of rotatable bonds is 5. The highest BCUT2D eigenvalue weighted by Gasteiger charge is 2.14. The molecule has 0 saturated carbocycles. The number of thiophene rings is 1. The van der Waals surface area contributed by atoms with Gasteiger partial charge in [0.25, 0.3) is 0 Å². The van der Waals surface area contributed by atoms with Crippen LogP contribution in [-0.2, 0) is 17.8 Å². The summed E-state index contributed by atoms with van der Waals surface area (Å²) >= 11 is 1.73. The number of fused-ring (bicyclic) bond motifs is 1. The molecule has 0 saturated heterocycles. The van der Waals surface area contributed by atoms with Gasteiger partial charge in [0.15, 0.2) is 0 Å². The van der Waals surface area contributed by atoms with Gasteiger partial charge in [-0.2, -0.15) is 0 Å². The molecule has 0 fully saturated rings. The molecule has 108 valence electrons. The van der Waals surface area contributed by atoms with Crippen LogP contribution in [0, 0.1) is 0 Å². The van der Waals surface area contributed by atoms with Crippen molar-refractivity contribution in [3.8, 4) is 0 Å². The monoisotopic (exact) mass is 298 g/mol. The van der Waals surface area contributed by atoms with Crippen LogP contribution in [-0.4, -0.2) is 12.2 Å². The van der Waals surface area contributed by atoms with Crippen LogP contribution >= 0.6 is 11.3 Å². The van der Waals surface area contributed by atoms with E-state index in [1.807, 2.05) is 36.4 Å². The Labute approximate surface area is 128 Å². The first-order valence-corrected chi connectivity index (χ1v) is 7.87. The summed E-state index contributed by atoms with van der Waals surface area (Å²) in [5.41, 5.74) is 3.21. The van der Waals surface area contributed by atoms with Crippen LogP contribution in [0.5, 0.6) is 0 Å². The molecule has 2 aromatic carbocycles. The van der Waals surface area contributed by atoms with E-state index in [0.29, 0.717) is 13.0 Å². The lowest BCUT2D eigenvalue weighted by Gasteiger charge is -2.15. The van der Waals surface area contributed by atoms with Crippen LogP contribution < -0.4 is 0 Å². The molecule has 2 nitrogen and oxygen atoms in total. The normalized spacial score (nSPS) is 12.7. The lowest BCUT2D eigenvalue weighted by molar-refractivity contribution is 0.162. The van der Waals surface area contributed by atoms with E-state index in [1.54, 1.807) is 18.4 Å². The van der Waals surface area contributed by atoms with E-state index in [-0.39, 0.29) is 0 Å². The highest BCUT2D eigenvalue weighted by molar-refractivity contribution is 7.17. The first-order chi connectivity index (χ1) is 10.3. The molecule has 3 aromatic rings. The highest BCUT2D eigenvalue weighted by Crippen LogP contribution is 2.30. The van der Waals surface area contributed by atoms with Crippen molar-refractivity contribution < 1.29 is 9.84 Å². The Balaban J connectivity index is 1.88. The molecular weight excluding hydrogens is 280 g/mol. The molecule has 1 aromatic heterocycles. The second kappa shape index (κ2) is 6.39. The van der Waals surface area contributed by atoms with Crippen molar-refractivity contribution in [2.45, 2.75) is 19.1 Å². The fraction of sp³-hybridized carbons (Fsp3) is 0.222. The molecule has 0 aliphatic rings. The van der Waals surface area contributed by atoms with Gasteiger partial charge in [-0.3, -0.25) is 0 Å². The molecule has 3 heteroatoms. The van der Waals surface area contributed by atoms with Crippen molar-refractivity contribution >= 4 is 21.4 Å².